The fourth-order valence-electron chi connectivity index (χ4n) is 1.08. The molecule has 0 bridgehead atoms. The Morgan fingerprint density at radius 2 is 1.93 bits per heavy atom. The summed E-state index contributed by atoms with van der Waals surface area (Å²) in [5.74, 6) is -4.95. The lowest BCUT2D eigenvalue weighted by molar-refractivity contribution is 0.0986. The van der Waals surface area contributed by atoms with Crippen molar-refractivity contribution in [1.29, 1.82) is 0 Å². The Bertz CT molecular complexity index is 379. The van der Waals surface area contributed by atoms with Gasteiger partial charge in [0.2, 0.25) is 0 Å². The molecule has 1 aromatic carbocycles. The van der Waals surface area contributed by atoms with Crippen LogP contribution in [0.25, 0.3) is 0 Å². The summed E-state index contributed by atoms with van der Waals surface area (Å²) in [4.78, 5) is 11.3. The van der Waals surface area contributed by atoms with E-state index in [1.54, 1.807) is 6.92 Å². The van der Waals surface area contributed by atoms with Gasteiger partial charge in [0, 0.05) is 0 Å². The molecule has 0 unspecified atom stereocenters. The number of carbonyl (C=O) groups excluding carboxylic acids is 1. The van der Waals surface area contributed by atoms with E-state index in [-0.39, 0.29) is 6.54 Å². The number of ketones is 1. The van der Waals surface area contributed by atoms with Crippen LogP contribution in [0.3, 0.4) is 0 Å². The van der Waals surface area contributed by atoms with Gasteiger partial charge >= 0.3 is 0 Å². The molecule has 0 aliphatic carbocycles. The molecule has 0 aliphatic heterocycles. The molecule has 0 atom stereocenters. The lowest BCUT2D eigenvalue weighted by Crippen LogP contribution is -2.23. The Hall–Kier alpha value is -1.36. The number of carbonyl (C=O) groups is 1. The topological polar surface area (TPSA) is 29.1 Å². The molecule has 0 fully saturated rings. The maximum Gasteiger partial charge on any atom is 0.195 e. The molecule has 0 radical (unpaired) electrons. The minimum atomic E-state index is -1.61. The highest BCUT2D eigenvalue weighted by atomic mass is 19.2. The van der Waals surface area contributed by atoms with Gasteiger partial charge < -0.3 is 5.32 Å². The predicted octanol–water partition coefficient (Wildman–Crippen LogP) is 1.90. The van der Waals surface area contributed by atoms with Crippen molar-refractivity contribution >= 4 is 5.78 Å². The number of benzene rings is 1. The zero-order valence-electron chi connectivity index (χ0n) is 8.11. The van der Waals surface area contributed by atoms with Crippen LogP contribution in [-0.2, 0) is 0 Å². The molecule has 82 valence electrons. The van der Waals surface area contributed by atoms with E-state index in [4.69, 9.17) is 0 Å². The van der Waals surface area contributed by atoms with Crippen molar-refractivity contribution in [2.75, 3.05) is 13.1 Å². The Morgan fingerprint density at radius 3 is 2.53 bits per heavy atom. The van der Waals surface area contributed by atoms with Crippen molar-refractivity contribution in [3.63, 3.8) is 0 Å². The highest BCUT2D eigenvalue weighted by molar-refractivity contribution is 5.97. The number of nitrogens with one attached hydrogen (secondary N) is 1. The summed E-state index contributed by atoms with van der Waals surface area (Å²) in [7, 11) is 0. The third-order valence-electron chi connectivity index (χ3n) is 1.87. The van der Waals surface area contributed by atoms with Crippen molar-refractivity contribution < 1.29 is 18.0 Å². The maximum absolute atomic E-state index is 13.1. The first-order chi connectivity index (χ1) is 7.07. The van der Waals surface area contributed by atoms with E-state index in [1.165, 1.54) is 0 Å². The molecule has 0 aliphatic rings. The van der Waals surface area contributed by atoms with Crippen LogP contribution in [-0.4, -0.2) is 18.9 Å². The zero-order valence-corrected chi connectivity index (χ0v) is 8.11. The van der Waals surface area contributed by atoms with Gasteiger partial charge in [-0.2, -0.15) is 0 Å². The molecule has 0 amide bonds. The third kappa shape index (κ3) is 2.56. The van der Waals surface area contributed by atoms with Crippen molar-refractivity contribution in [1.82, 2.24) is 5.32 Å². The third-order valence-corrected chi connectivity index (χ3v) is 1.87. The SMILES string of the molecule is CCNCC(=O)c1ccc(F)c(F)c1F. The van der Waals surface area contributed by atoms with E-state index in [0.717, 1.165) is 12.1 Å². The van der Waals surface area contributed by atoms with Crippen LogP contribution < -0.4 is 5.32 Å². The molecule has 1 rings (SSSR count). The standard InChI is InChI=1S/C10H10F3NO/c1-2-14-5-8(15)6-3-4-7(11)10(13)9(6)12/h3-4,14H,2,5H2,1H3. The fraction of sp³-hybridized carbons (Fsp3) is 0.300. The largest absolute Gasteiger partial charge is 0.310 e. The lowest BCUT2D eigenvalue weighted by Gasteiger charge is -2.04. The normalized spacial score (nSPS) is 10.4. The van der Waals surface area contributed by atoms with E-state index >= 15 is 0 Å². The van der Waals surface area contributed by atoms with Crippen molar-refractivity contribution in [3.8, 4) is 0 Å². The Balaban J connectivity index is 2.95. The van der Waals surface area contributed by atoms with Crippen molar-refractivity contribution in [2.24, 2.45) is 0 Å². The van der Waals surface area contributed by atoms with Crippen molar-refractivity contribution in [3.05, 3.63) is 35.1 Å². The molecule has 1 N–H and O–H groups in total. The summed E-state index contributed by atoms with van der Waals surface area (Å²) in [5.41, 5.74) is -0.435. The van der Waals surface area contributed by atoms with Gasteiger partial charge in [0.15, 0.2) is 23.2 Å². The van der Waals surface area contributed by atoms with E-state index in [1.807, 2.05) is 0 Å². The summed E-state index contributed by atoms with van der Waals surface area (Å²) < 4.78 is 38.4. The molecule has 15 heavy (non-hydrogen) atoms. The second-order valence-corrected chi connectivity index (χ2v) is 2.93. The van der Waals surface area contributed by atoms with E-state index in [0.29, 0.717) is 6.54 Å². The van der Waals surface area contributed by atoms with Crippen LogP contribution in [0, 0.1) is 17.5 Å². The van der Waals surface area contributed by atoms with Crippen LogP contribution in [0.15, 0.2) is 12.1 Å². The molecule has 0 heterocycles. The monoisotopic (exact) mass is 217 g/mol. The number of hydrogen-bond donors (Lipinski definition) is 1. The highest BCUT2D eigenvalue weighted by Gasteiger charge is 2.17. The first-order valence-electron chi connectivity index (χ1n) is 4.45. The summed E-state index contributed by atoms with van der Waals surface area (Å²) in [6.45, 7) is 2.21. The van der Waals surface area contributed by atoms with Gasteiger partial charge in [0.1, 0.15) is 0 Å². The Kier molecular flexibility index (Phi) is 3.85. The Morgan fingerprint density at radius 1 is 1.27 bits per heavy atom. The first-order valence-corrected chi connectivity index (χ1v) is 4.45. The van der Waals surface area contributed by atoms with Gasteiger partial charge in [-0.25, -0.2) is 13.2 Å². The second kappa shape index (κ2) is 4.93. The van der Waals surface area contributed by atoms with Crippen LogP contribution in [0.4, 0.5) is 13.2 Å². The van der Waals surface area contributed by atoms with Crippen LogP contribution in [0.5, 0.6) is 0 Å². The molecular formula is C10H10F3NO. The van der Waals surface area contributed by atoms with Crippen LogP contribution in [0.2, 0.25) is 0 Å². The number of hydrogen-bond acceptors (Lipinski definition) is 2. The second-order valence-electron chi connectivity index (χ2n) is 2.93. The van der Waals surface area contributed by atoms with Gasteiger partial charge in [-0.1, -0.05) is 6.92 Å². The average molecular weight is 217 g/mol. The van der Waals surface area contributed by atoms with Gasteiger partial charge in [0.05, 0.1) is 12.1 Å². The van der Waals surface area contributed by atoms with E-state index < -0.39 is 28.8 Å². The summed E-state index contributed by atoms with van der Waals surface area (Å²) in [6.07, 6.45) is 0. The minimum Gasteiger partial charge on any atom is -0.310 e. The molecule has 0 aromatic heterocycles. The van der Waals surface area contributed by atoms with Gasteiger partial charge in [-0.05, 0) is 18.7 Å². The van der Waals surface area contributed by atoms with Crippen molar-refractivity contribution in [2.45, 2.75) is 6.92 Å². The molecule has 5 heteroatoms. The number of likely N-dealkylation sites (N-methyl/N-ethyl adjacent to an activating group) is 1. The van der Waals surface area contributed by atoms with Gasteiger partial charge in [-0.3, -0.25) is 4.79 Å². The van der Waals surface area contributed by atoms with Gasteiger partial charge in [-0.15, -0.1) is 0 Å². The summed E-state index contributed by atoms with van der Waals surface area (Å²) in [6, 6.07) is 1.67. The van der Waals surface area contributed by atoms with Crippen LogP contribution >= 0.6 is 0 Å². The molecular weight excluding hydrogens is 207 g/mol. The molecule has 1 aromatic rings. The highest BCUT2D eigenvalue weighted by Crippen LogP contribution is 2.15. The first kappa shape index (κ1) is 11.7. The zero-order chi connectivity index (χ0) is 11.4. The number of rotatable bonds is 4. The van der Waals surface area contributed by atoms with Gasteiger partial charge in [0.25, 0.3) is 0 Å². The van der Waals surface area contributed by atoms with E-state index in [2.05, 4.69) is 5.32 Å². The van der Waals surface area contributed by atoms with Crippen LogP contribution in [0.1, 0.15) is 17.3 Å². The molecule has 0 spiro atoms. The maximum atomic E-state index is 13.1. The smallest absolute Gasteiger partial charge is 0.195 e. The van der Waals surface area contributed by atoms with E-state index in [9.17, 15) is 18.0 Å². The fourth-order valence-corrected chi connectivity index (χ4v) is 1.08. The molecule has 2 nitrogen and oxygen atoms in total. The minimum absolute atomic E-state index is 0.0987. The predicted molar refractivity (Wildman–Crippen MR) is 49.2 cm³/mol. The lowest BCUT2D eigenvalue weighted by atomic mass is 10.1. The Labute approximate surface area is 85.1 Å². The summed E-state index contributed by atoms with van der Waals surface area (Å²) in [5, 5.41) is 2.68. The average Bonchev–Trinajstić information content (AvgIpc) is 2.23. The summed E-state index contributed by atoms with van der Waals surface area (Å²) >= 11 is 0. The quantitative estimate of drug-likeness (QED) is 0.616. The number of Topliss-reactive ketones (excluding diaryl/α,β-unsaturated/α-hetero) is 1. The molecule has 0 saturated heterocycles. The number of halogens is 3. The molecule has 0 saturated carbocycles.